The molecule has 0 saturated heterocycles. The number of nitrogens with zero attached hydrogens (tertiary/aromatic N) is 1. The Morgan fingerprint density at radius 2 is 1.94 bits per heavy atom. The molecular weight excluding hydrogens is 210 g/mol. The van der Waals surface area contributed by atoms with E-state index in [1.54, 1.807) is 0 Å². The van der Waals surface area contributed by atoms with Gasteiger partial charge in [-0.1, -0.05) is 35.7 Å². The van der Waals surface area contributed by atoms with Crippen LogP contribution in [0.5, 0.6) is 0 Å². The zero-order valence-electron chi connectivity index (χ0n) is 9.90. The fourth-order valence-electron chi connectivity index (χ4n) is 2.38. The first-order valence-electron chi connectivity index (χ1n) is 5.76. The highest BCUT2D eigenvalue weighted by molar-refractivity contribution is 5.39. The van der Waals surface area contributed by atoms with E-state index in [4.69, 9.17) is 6.42 Å². The second-order valence-corrected chi connectivity index (χ2v) is 4.77. The highest BCUT2D eigenvalue weighted by atomic mass is 16.3. The van der Waals surface area contributed by atoms with Crippen LogP contribution in [0.3, 0.4) is 0 Å². The Hall–Kier alpha value is -1.77. The Kier molecular flexibility index (Phi) is 2.69. The second kappa shape index (κ2) is 3.91. The smallest absolute Gasteiger partial charge is 0.169 e. The lowest BCUT2D eigenvalue weighted by atomic mass is 9.58. The van der Waals surface area contributed by atoms with Gasteiger partial charge in [0.1, 0.15) is 5.41 Å². The minimum atomic E-state index is -1.46. The third-order valence-electron chi connectivity index (χ3n) is 3.79. The molecule has 1 N–H and O–H groups in total. The molecule has 1 aromatic rings. The predicted octanol–water partition coefficient (Wildman–Crippen LogP) is 2.51. The molecule has 1 fully saturated rings. The quantitative estimate of drug-likeness (QED) is 0.786. The van der Waals surface area contributed by atoms with Gasteiger partial charge in [-0.25, -0.2) is 0 Å². The molecule has 1 saturated carbocycles. The van der Waals surface area contributed by atoms with Crippen molar-refractivity contribution in [1.29, 1.82) is 5.26 Å². The molecule has 0 spiro atoms. The van der Waals surface area contributed by atoms with E-state index in [1.165, 1.54) is 0 Å². The lowest BCUT2D eigenvalue weighted by molar-refractivity contribution is -0.0530. The second-order valence-electron chi connectivity index (χ2n) is 4.77. The minimum absolute atomic E-state index is 0.645. The molecule has 1 aliphatic carbocycles. The number of hydrogen-bond donors (Lipinski definition) is 1. The van der Waals surface area contributed by atoms with Crippen molar-refractivity contribution in [2.45, 2.75) is 31.8 Å². The Morgan fingerprint density at radius 3 is 2.29 bits per heavy atom. The number of rotatable bonds is 2. The summed E-state index contributed by atoms with van der Waals surface area (Å²) >= 11 is 0. The van der Waals surface area contributed by atoms with Crippen molar-refractivity contribution in [3.05, 3.63) is 35.4 Å². The standard InChI is InChI=1S/C15H15NO/c1-3-15(17,14(11-16)9-4-10-14)13-7-5-12(2)6-8-13/h1,5-8,17H,4,9-10H2,2H3/t15-/m0/s1. The van der Waals surface area contributed by atoms with Crippen LogP contribution in [-0.2, 0) is 5.60 Å². The maximum absolute atomic E-state index is 10.7. The molecule has 17 heavy (non-hydrogen) atoms. The van der Waals surface area contributed by atoms with Crippen molar-refractivity contribution >= 4 is 0 Å². The lowest BCUT2D eigenvalue weighted by Crippen LogP contribution is -2.48. The van der Waals surface area contributed by atoms with Crippen molar-refractivity contribution in [2.24, 2.45) is 5.41 Å². The van der Waals surface area contributed by atoms with E-state index in [2.05, 4.69) is 12.0 Å². The number of hydrogen-bond acceptors (Lipinski definition) is 2. The maximum atomic E-state index is 10.7. The van der Waals surface area contributed by atoms with Crippen LogP contribution in [0.2, 0.25) is 0 Å². The van der Waals surface area contributed by atoms with Gasteiger partial charge < -0.3 is 5.11 Å². The van der Waals surface area contributed by atoms with Gasteiger partial charge in [-0.2, -0.15) is 5.26 Å². The van der Waals surface area contributed by atoms with Crippen molar-refractivity contribution in [2.75, 3.05) is 0 Å². The fraction of sp³-hybridized carbons (Fsp3) is 0.400. The fourth-order valence-corrected chi connectivity index (χ4v) is 2.38. The highest BCUT2D eigenvalue weighted by Gasteiger charge is 2.55. The largest absolute Gasteiger partial charge is 0.372 e. The van der Waals surface area contributed by atoms with Crippen molar-refractivity contribution in [3.8, 4) is 18.4 Å². The zero-order valence-corrected chi connectivity index (χ0v) is 9.90. The van der Waals surface area contributed by atoms with Crippen molar-refractivity contribution < 1.29 is 5.11 Å². The van der Waals surface area contributed by atoms with E-state index >= 15 is 0 Å². The molecular formula is C15H15NO. The maximum Gasteiger partial charge on any atom is 0.169 e. The molecule has 0 heterocycles. The number of aliphatic hydroxyl groups is 1. The predicted molar refractivity (Wildman–Crippen MR) is 65.8 cm³/mol. The molecule has 1 aromatic carbocycles. The van der Waals surface area contributed by atoms with E-state index in [0.717, 1.165) is 12.0 Å². The Balaban J connectivity index is 2.49. The molecule has 0 aromatic heterocycles. The molecule has 1 aliphatic rings. The van der Waals surface area contributed by atoms with E-state index in [-0.39, 0.29) is 0 Å². The van der Waals surface area contributed by atoms with Gasteiger partial charge in [-0.3, -0.25) is 0 Å². The van der Waals surface area contributed by atoms with E-state index in [9.17, 15) is 10.4 Å². The summed E-state index contributed by atoms with van der Waals surface area (Å²) < 4.78 is 0. The van der Waals surface area contributed by atoms with Gasteiger partial charge in [0.25, 0.3) is 0 Å². The van der Waals surface area contributed by atoms with Crippen LogP contribution >= 0.6 is 0 Å². The number of terminal acetylenes is 1. The lowest BCUT2D eigenvalue weighted by Gasteiger charge is -2.45. The van der Waals surface area contributed by atoms with Crippen LogP contribution in [-0.4, -0.2) is 5.11 Å². The van der Waals surface area contributed by atoms with Gasteiger partial charge in [0.15, 0.2) is 5.60 Å². The Labute approximate surface area is 102 Å². The van der Waals surface area contributed by atoms with E-state index in [1.807, 2.05) is 31.2 Å². The first-order chi connectivity index (χ1) is 8.08. The average molecular weight is 225 g/mol. The summed E-state index contributed by atoms with van der Waals surface area (Å²) in [6.45, 7) is 1.97. The SMILES string of the molecule is C#C[C@](O)(c1ccc(C)cc1)C1(C#N)CCC1. The summed E-state index contributed by atoms with van der Waals surface area (Å²) in [7, 11) is 0. The van der Waals surface area contributed by atoms with E-state index in [0.29, 0.717) is 18.4 Å². The Bertz CT molecular complexity index is 499. The molecule has 0 radical (unpaired) electrons. The molecule has 0 aliphatic heterocycles. The minimum Gasteiger partial charge on any atom is -0.372 e. The van der Waals surface area contributed by atoms with Gasteiger partial charge in [0, 0.05) is 0 Å². The zero-order chi connectivity index (χ0) is 12.5. The van der Waals surface area contributed by atoms with Crippen molar-refractivity contribution in [1.82, 2.24) is 0 Å². The molecule has 0 bridgehead atoms. The van der Waals surface area contributed by atoms with Gasteiger partial charge in [-0.05, 0) is 31.7 Å². The van der Waals surface area contributed by atoms with Crippen LogP contribution in [0.25, 0.3) is 0 Å². The summed E-state index contributed by atoms with van der Waals surface area (Å²) in [4.78, 5) is 0. The normalized spacial score (nSPS) is 20.5. The van der Waals surface area contributed by atoms with Gasteiger partial charge >= 0.3 is 0 Å². The summed E-state index contributed by atoms with van der Waals surface area (Å²) in [6.07, 6.45) is 7.77. The van der Waals surface area contributed by atoms with Gasteiger partial charge in [-0.15, -0.1) is 6.42 Å². The molecule has 1 atom stereocenters. The summed E-state index contributed by atoms with van der Waals surface area (Å²) in [6, 6.07) is 9.66. The van der Waals surface area contributed by atoms with Gasteiger partial charge in [0.05, 0.1) is 6.07 Å². The molecule has 2 rings (SSSR count). The van der Waals surface area contributed by atoms with Crippen LogP contribution in [0.1, 0.15) is 30.4 Å². The molecule has 2 heteroatoms. The summed E-state index contributed by atoms with van der Waals surface area (Å²) in [5.74, 6) is 2.44. The number of benzene rings is 1. The van der Waals surface area contributed by atoms with Crippen molar-refractivity contribution in [3.63, 3.8) is 0 Å². The van der Waals surface area contributed by atoms with Gasteiger partial charge in [0.2, 0.25) is 0 Å². The molecule has 86 valence electrons. The number of nitriles is 1. The average Bonchev–Trinajstić information content (AvgIpc) is 2.28. The first kappa shape index (κ1) is 11.7. The third-order valence-corrected chi connectivity index (χ3v) is 3.79. The van der Waals surface area contributed by atoms with E-state index < -0.39 is 11.0 Å². The summed E-state index contributed by atoms with van der Waals surface area (Å²) in [5, 5.41) is 20.0. The monoisotopic (exact) mass is 225 g/mol. The van der Waals surface area contributed by atoms with Crippen LogP contribution in [0.15, 0.2) is 24.3 Å². The highest BCUT2D eigenvalue weighted by Crippen LogP contribution is 2.53. The topological polar surface area (TPSA) is 44.0 Å². The summed E-state index contributed by atoms with van der Waals surface area (Å²) in [5.41, 5.74) is -0.523. The Morgan fingerprint density at radius 1 is 1.35 bits per heavy atom. The number of aryl methyl sites for hydroxylation is 1. The van der Waals surface area contributed by atoms with Crippen LogP contribution in [0, 0.1) is 36.0 Å². The molecule has 0 unspecified atom stereocenters. The van der Waals surface area contributed by atoms with Crippen LogP contribution < -0.4 is 0 Å². The third kappa shape index (κ3) is 1.54. The molecule has 0 amide bonds. The molecule has 2 nitrogen and oxygen atoms in total. The first-order valence-corrected chi connectivity index (χ1v) is 5.76. The van der Waals surface area contributed by atoms with Crippen LogP contribution in [0.4, 0.5) is 0 Å².